The highest BCUT2D eigenvalue weighted by Crippen LogP contribution is 2.32. The van der Waals surface area contributed by atoms with Crippen molar-refractivity contribution in [2.75, 3.05) is 33.9 Å². The fourth-order valence-corrected chi connectivity index (χ4v) is 3.54. The first-order valence-corrected chi connectivity index (χ1v) is 8.54. The van der Waals surface area contributed by atoms with Crippen LogP contribution in [0.3, 0.4) is 0 Å². The molecule has 2 heterocycles. The Morgan fingerprint density at radius 1 is 1.17 bits per heavy atom. The van der Waals surface area contributed by atoms with Gasteiger partial charge in [-0.15, -0.1) is 0 Å². The third kappa shape index (κ3) is 3.35. The van der Waals surface area contributed by atoms with E-state index in [0.717, 1.165) is 37.2 Å². The van der Waals surface area contributed by atoms with Crippen molar-refractivity contribution in [3.05, 3.63) is 23.3 Å². The Labute approximate surface area is 142 Å². The minimum atomic E-state index is -0.330. The highest BCUT2D eigenvalue weighted by Gasteiger charge is 2.33. The number of methoxy groups -OCH3 is 2. The number of benzene rings is 1. The molecule has 2 aliphatic rings. The predicted octanol–water partition coefficient (Wildman–Crippen LogP) is 1.14. The molecule has 1 saturated heterocycles. The summed E-state index contributed by atoms with van der Waals surface area (Å²) < 4.78 is 16.5. The maximum atomic E-state index is 12.7. The van der Waals surface area contributed by atoms with E-state index in [4.69, 9.17) is 19.9 Å². The first-order valence-electron chi connectivity index (χ1n) is 8.54. The first-order chi connectivity index (χ1) is 11.7. The average Bonchev–Trinajstić information content (AvgIpc) is 3.00. The van der Waals surface area contributed by atoms with Crippen LogP contribution in [0.1, 0.15) is 24.0 Å². The number of carbonyl (C=O) groups is 1. The maximum Gasteiger partial charge on any atom is 0.251 e. The highest BCUT2D eigenvalue weighted by molar-refractivity contribution is 5.81. The Hall–Kier alpha value is -1.79. The molecule has 0 saturated carbocycles. The van der Waals surface area contributed by atoms with Gasteiger partial charge in [0.05, 0.1) is 20.3 Å². The second-order valence-corrected chi connectivity index (χ2v) is 6.36. The number of carbonyl (C=O) groups excluding carboxylic acids is 1. The smallest absolute Gasteiger partial charge is 0.251 e. The molecule has 0 unspecified atom stereocenters. The van der Waals surface area contributed by atoms with Crippen LogP contribution in [0.15, 0.2) is 12.1 Å². The molecule has 2 atom stereocenters. The van der Waals surface area contributed by atoms with Gasteiger partial charge in [-0.25, -0.2) is 0 Å². The van der Waals surface area contributed by atoms with Crippen LogP contribution in [0.2, 0.25) is 0 Å². The van der Waals surface area contributed by atoms with Crippen molar-refractivity contribution in [1.29, 1.82) is 0 Å². The van der Waals surface area contributed by atoms with Crippen LogP contribution in [0.25, 0.3) is 0 Å². The van der Waals surface area contributed by atoms with Crippen LogP contribution in [-0.4, -0.2) is 56.9 Å². The Balaban J connectivity index is 1.70. The number of nitrogens with two attached hydrogens (primary N) is 1. The van der Waals surface area contributed by atoms with E-state index in [1.807, 2.05) is 17.0 Å². The number of amides is 1. The Morgan fingerprint density at radius 2 is 1.75 bits per heavy atom. The van der Waals surface area contributed by atoms with Gasteiger partial charge in [-0.1, -0.05) is 0 Å². The average molecular weight is 334 g/mol. The molecule has 2 aliphatic heterocycles. The number of fused-ring (bicyclic) bond motifs is 1. The number of hydrogen-bond donors (Lipinski definition) is 1. The van der Waals surface area contributed by atoms with E-state index >= 15 is 0 Å². The summed E-state index contributed by atoms with van der Waals surface area (Å²) in [5, 5.41) is 0. The normalized spacial score (nSPS) is 23.5. The highest BCUT2D eigenvalue weighted by atomic mass is 16.5. The standard InChI is InChI=1S/C18H26N2O4/c1-22-16-9-12-5-7-20(8-6-13(12)10-17(16)23-2)18(21)15-4-3-14(11-19)24-15/h9-10,14-15H,3-8,11,19H2,1-2H3/t14-,15+/m1/s1. The van der Waals surface area contributed by atoms with Gasteiger partial charge in [0, 0.05) is 19.6 Å². The Kier molecular flexibility index (Phi) is 5.26. The summed E-state index contributed by atoms with van der Waals surface area (Å²) >= 11 is 0. The number of ether oxygens (including phenoxy) is 3. The molecule has 132 valence electrons. The summed E-state index contributed by atoms with van der Waals surface area (Å²) in [5.74, 6) is 1.57. The van der Waals surface area contributed by atoms with E-state index < -0.39 is 0 Å². The summed E-state index contributed by atoms with van der Waals surface area (Å²) in [6, 6.07) is 4.05. The van der Waals surface area contributed by atoms with E-state index in [2.05, 4.69) is 0 Å². The summed E-state index contributed by atoms with van der Waals surface area (Å²) in [5.41, 5.74) is 8.07. The van der Waals surface area contributed by atoms with Crippen molar-refractivity contribution >= 4 is 5.91 Å². The summed E-state index contributed by atoms with van der Waals surface area (Å²) in [6.07, 6.45) is 2.96. The second kappa shape index (κ2) is 7.40. The van der Waals surface area contributed by atoms with Crippen LogP contribution < -0.4 is 15.2 Å². The van der Waals surface area contributed by atoms with E-state index in [1.54, 1.807) is 14.2 Å². The van der Waals surface area contributed by atoms with Crippen molar-refractivity contribution in [2.45, 2.75) is 37.9 Å². The molecule has 0 spiro atoms. The zero-order valence-corrected chi connectivity index (χ0v) is 14.4. The fourth-order valence-electron chi connectivity index (χ4n) is 3.54. The molecule has 1 aromatic rings. The third-order valence-corrected chi connectivity index (χ3v) is 4.97. The molecule has 0 bridgehead atoms. The van der Waals surface area contributed by atoms with Gasteiger partial charge >= 0.3 is 0 Å². The molecule has 6 heteroatoms. The van der Waals surface area contributed by atoms with Gasteiger partial charge in [0.1, 0.15) is 6.10 Å². The zero-order chi connectivity index (χ0) is 17.1. The number of nitrogens with zero attached hydrogens (tertiary/aromatic N) is 1. The van der Waals surface area contributed by atoms with Crippen LogP contribution >= 0.6 is 0 Å². The lowest BCUT2D eigenvalue weighted by atomic mass is 10.0. The second-order valence-electron chi connectivity index (χ2n) is 6.36. The van der Waals surface area contributed by atoms with E-state index in [-0.39, 0.29) is 18.1 Å². The Bertz CT molecular complexity index is 570. The first kappa shape index (κ1) is 17.0. The molecule has 0 aliphatic carbocycles. The minimum Gasteiger partial charge on any atom is -0.493 e. The van der Waals surface area contributed by atoms with Crippen molar-refractivity contribution in [3.63, 3.8) is 0 Å². The number of hydrogen-bond acceptors (Lipinski definition) is 5. The van der Waals surface area contributed by atoms with Crippen molar-refractivity contribution in [3.8, 4) is 11.5 Å². The minimum absolute atomic E-state index is 0.0247. The molecule has 2 N–H and O–H groups in total. The van der Waals surface area contributed by atoms with Gasteiger partial charge in [-0.3, -0.25) is 4.79 Å². The SMILES string of the molecule is COc1cc2c(cc1OC)CCN(C(=O)[C@@H]1CC[C@H](CN)O1)CC2. The summed E-state index contributed by atoms with van der Waals surface area (Å²) in [4.78, 5) is 14.6. The van der Waals surface area contributed by atoms with Gasteiger partial charge in [0.2, 0.25) is 0 Å². The van der Waals surface area contributed by atoms with E-state index in [1.165, 1.54) is 11.1 Å². The zero-order valence-electron chi connectivity index (χ0n) is 14.4. The van der Waals surface area contributed by atoms with Gasteiger partial charge in [0.25, 0.3) is 5.91 Å². The van der Waals surface area contributed by atoms with Gasteiger partial charge in [-0.05, 0) is 48.9 Å². The lowest BCUT2D eigenvalue weighted by molar-refractivity contribution is -0.142. The van der Waals surface area contributed by atoms with Crippen molar-refractivity contribution < 1.29 is 19.0 Å². The molecule has 24 heavy (non-hydrogen) atoms. The maximum absolute atomic E-state index is 12.7. The van der Waals surface area contributed by atoms with Crippen molar-refractivity contribution in [2.24, 2.45) is 5.73 Å². The quantitative estimate of drug-likeness (QED) is 0.894. The predicted molar refractivity (Wildman–Crippen MR) is 90.5 cm³/mol. The lowest BCUT2D eigenvalue weighted by Crippen LogP contribution is -2.41. The molecule has 1 aromatic carbocycles. The monoisotopic (exact) mass is 334 g/mol. The van der Waals surface area contributed by atoms with Crippen LogP contribution in [-0.2, 0) is 22.4 Å². The molecule has 3 rings (SSSR count). The lowest BCUT2D eigenvalue weighted by Gasteiger charge is -2.23. The largest absolute Gasteiger partial charge is 0.493 e. The van der Waals surface area contributed by atoms with Crippen LogP contribution in [0, 0.1) is 0 Å². The summed E-state index contributed by atoms with van der Waals surface area (Å²) in [6.45, 7) is 1.89. The van der Waals surface area contributed by atoms with Crippen LogP contribution in [0.5, 0.6) is 11.5 Å². The van der Waals surface area contributed by atoms with Gasteiger partial charge < -0.3 is 24.8 Å². The molecular formula is C18H26N2O4. The number of rotatable bonds is 4. The topological polar surface area (TPSA) is 74.0 Å². The molecular weight excluding hydrogens is 308 g/mol. The molecule has 6 nitrogen and oxygen atoms in total. The van der Waals surface area contributed by atoms with Crippen LogP contribution in [0.4, 0.5) is 0 Å². The van der Waals surface area contributed by atoms with E-state index in [9.17, 15) is 4.79 Å². The Morgan fingerprint density at radius 3 is 2.21 bits per heavy atom. The molecule has 0 radical (unpaired) electrons. The third-order valence-electron chi connectivity index (χ3n) is 4.97. The van der Waals surface area contributed by atoms with Crippen molar-refractivity contribution in [1.82, 2.24) is 4.90 Å². The van der Waals surface area contributed by atoms with E-state index in [0.29, 0.717) is 19.6 Å². The van der Waals surface area contributed by atoms with Gasteiger partial charge in [-0.2, -0.15) is 0 Å². The summed E-state index contributed by atoms with van der Waals surface area (Å²) in [7, 11) is 3.28. The van der Waals surface area contributed by atoms with Gasteiger partial charge in [0.15, 0.2) is 11.5 Å². The molecule has 0 aromatic heterocycles. The molecule has 1 amide bonds. The molecule has 1 fully saturated rings. The fraction of sp³-hybridized carbons (Fsp3) is 0.611.